The van der Waals surface area contributed by atoms with E-state index < -0.39 is 12.0 Å². The number of para-hydroxylation sites is 1. The maximum atomic E-state index is 11.6. The van der Waals surface area contributed by atoms with Crippen LogP contribution in [0.2, 0.25) is 0 Å². The Morgan fingerprint density at radius 3 is 2.67 bits per heavy atom. The van der Waals surface area contributed by atoms with E-state index in [9.17, 15) is 9.59 Å². The molecular weight excluding hydrogens is 258 g/mol. The number of hydrogen-bond donors (Lipinski definition) is 3. The number of nitrogens with zero attached hydrogens (tertiary/aromatic N) is 3. The van der Waals surface area contributed by atoms with Crippen molar-refractivity contribution in [1.82, 2.24) is 14.8 Å². The second-order valence-electron chi connectivity index (χ2n) is 3.10. The van der Waals surface area contributed by atoms with Gasteiger partial charge in [-0.2, -0.15) is 0 Å². The van der Waals surface area contributed by atoms with Crippen molar-refractivity contribution in [2.45, 2.75) is 0 Å². The van der Waals surface area contributed by atoms with Gasteiger partial charge in [-0.3, -0.25) is 5.32 Å². The van der Waals surface area contributed by atoms with E-state index in [0.29, 0.717) is 0 Å². The molecule has 1 heterocycles. The number of carboxylic acids is 1. The lowest BCUT2D eigenvalue weighted by atomic mass is 10.2. The minimum absolute atomic E-state index is 0.00281. The van der Waals surface area contributed by atoms with Crippen molar-refractivity contribution in [3.8, 4) is 0 Å². The minimum atomic E-state index is -1.12. The van der Waals surface area contributed by atoms with Gasteiger partial charge in [0, 0.05) is 11.5 Å². The minimum Gasteiger partial charge on any atom is -0.478 e. The van der Waals surface area contributed by atoms with Gasteiger partial charge in [0.1, 0.15) is 0 Å². The summed E-state index contributed by atoms with van der Waals surface area (Å²) in [5, 5.41) is 20.8. The van der Waals surface area contributed by atoms with Gasteiger partial charge in [0.15, 0.2) is 0 Å². The Hall–Kier alpha value is -2.55. The summed E-state index contributed by atoms with van der Waals surface area (Å²) in [6.07, 6.45) is 0. The van der Waals surface area contributed by atoms with Gasteiger partial charge in [-0.05, 0) is 17.3 Å². The largest absolute Gasteiger partial charge is 0.478 e. The molecule has 9 heteroatoms. The monoisotopic (exact) mass is 265 g/mol. The summed E-state index contributed by atoms with van der Waals surface area (Å²) in [5.41, 5.74) is 0.197. The standard InChI is InChI=1S/C9H7N5O3S/c15-7(16)5-3-1-2-4-6(5)10-8(17)11-9-12-13-14-18-9/h1-4H,(H,15,16)(H2,10,11,12,14,17). The lowest BCUT2D eigenvalue weighted by Crippen LogP contribution is -2.20. The van der Waals surface area contributed by atoms with Crippen molar-refractivity contribution in [2.75, 3.05) is 10.6 Å². The topological polar surface area (TPSA) is 117 Å². The maximum Gasteiger partial charge on any atom is 0.337 e. The summed E-state index contributed by atoms with van der Waals surface area (Å²) in [7, 11) is 0. The number of aromatic carboxylic acids is 1. The average Bonchev–Trinajstić information content (AvgIpc) is 2.82. The summed E-state index contributed by atoms with van der Waals surface area (Å²) >= 11 is 0.912. The Bertz CT molecular complexity index is 571. The quantitative estimate of drug-likeness (QED) is 0.769. The number of rotatable bonds is 3. The van der Waals surface area contributed by atoms with Crippen LogP contribution in [0, 0.1) is 0 Å². The summed E-state index contributed by atoms with van der Waals surface area (Å²) < 4.78 is 3.47. The van der Waals surface area contributed by atoms with Gasteiger partial charge in [0.05, 0.1) is 11.3 Å². The molecule has 0 saturated carbocycles. The van der Waals surface area contributed by atoms with E-state index in [1.54, 1.807) is 12.1 Å². The molecule has 0 aliphatic heterocycles. The van der Waals surface area contributed by atoms with Gasteiger partial charge in [-0.15, -0.1) is 0 Å². The fourth-order valence-electron chi connectivity index (χ4n) is 1.21. The Kier molecular flexibility index (Phi) is 3.44. The zero-order chi connectivity index (χ0) is 13.0. The molecule has 0 unspecified atom stereocenters. The number of aromatic nitrogens is 3. The van der Waals surface area contributed by atoms with Crippen LogP contribution < -0.4 is 10.6 Å². The summed E-state index contributed by atoms with van der Waals surface area (Å²) in [5.74, 6) is -1.12. The van der Waals surface area contributed by atoms with E-state index in [1.807, 2.05) is 0 Å². The first-order valence-electron chi connectivity index (χ1n) is 4.72. The molecule has 2 aromatic rings. The smallest absolute Gasteiger partial charge is 0.337 e. The van der Waals surface area contributed by atoms with Crippen LogP contribution in [0.1, 0.15) is 10.4 Å². The van der Waals surface area contributed by atoms with E-state index in [4.69, 9.17) is 5.11 Å². The summed E-state index contributed by atoms with van der Waals surface area (Å²) in [6.45, 7) is 0. The third kappa shape index (κ3) is 2.77. The number of amides is 2. The predicted octanol–water partition coefficient (Wildman–Crippen LogP) is 1.28. The van der Waals surface area contributed by atoms with E-state index in [-0.39, 0.29) is 16.4 Å². The van der Waals surface area contributed by atoms with Gasteiger partial charge in [0.25, 0.3) is 0 Å². The van der Waals surface area contributed by atoms with Crippen LogP contribution in [0.25, 0.3) is 0 Å². The molecule has 0 radical (unpaired) electrons. The van der Waals surface area contributed by atoms with Gasteiger partial charge >= 0.3 is 12.0 Å². The first-order chi connectivity index (χ1) is 8.66. The second kappa shape index (κ2) is 5.19. The van der Waals surface area contributed by atoms with Crippen LogP contribution in [-0.2, 0) is 0 Å². The highest BCUT2D eigenvalue weighted by Gasteiger charge is 2.12. The van der Waals surface area contributed by atoms with Crippen LogP contribution in [0.4, 0.5) is 15.6 Å². The molecular formula is C9H7N5O3S. The number of anilines is 2. The molecule has 18 heavy (non-hydrogen) atoms. The summed E-state index contributed by atoms with van der Waals surface area (Å²) in [6, 6.07) is 5.46. The normalized spacial score (nSPS) is 9.78. The number of benzene rings is 1. The second-order valence-corrected chi connectivity index (χ2v) is 3.83. The molecule has 2 rings (SSSR count). The van der Waals surface area contributed by atoms with E-state index in [1.165, 1.54) is 12.1 Å². The molecule has 1 aromatic carbocycles. The van der Waals surface area contributed by atoms with Crippen LogP contribution in [0.3, 0.4) is 0 Å². The van der Waals surface area contributed by atoms with Gasteiger partial charge in [-0.1, -0.05) is 21.7 Å². The highest BCUT2D eigenvalue weighted by atomic mass is 32.1. The Balaban J connectivity index is 2.09. The molecule has 0 spiro atoms. The number of urea groups is 1. The zero-order valence-electron chi connectivity index (χ0n) is 8.82. The lowest BCUT2D eigenvalue weighted by Gasteiger charge is -2.07. The van der Waals surface area contributed by atoms with Crippen molar-refractivity contribution in [2.24, 2.45) is 0 Å². The van der Waals surface area contributed by atoms with Crippen molar-refractivity contribution < 1.29 is 14.7 Å². The number of carboxylic acid groups (broad SMARTS) is 1. The number of carbonyl (C=O) groups excluding carboxylic acids is 1. The highest BCUT2D eigenvalue weighted by molar-refractivity contribution is 7.09. The number of hydrogen-bond acceptors (Lipinski definition) is 6. The van der Waals surface area contributed by atoms with Gasteiger partial charge in [-0.25, -0.2) is 9.59 Å². The first kappa shape index (κ1) is 11.9. The van der Waals surface area contributed by atoms with Crippen molar-refractivity contribution in [1.29, 1.82) is 0 Å². The van der Waals surface area contributed by atoms with Crippen molar-refractivity contribution in [3.63, 3.8) is 0 Å². The molecule has 0 atom stereocenters. The van der Waals surface area contributed by atoms with E-state index >= 15 is 0 Å². The van der Waals surface area contributed by atoms with Crippen LogP contribution in [0.5, 0.6) is 0 Å². The number of nitrogens with one attached hydrogen (secondary N) is 2. The van der Waals surface area contributed by atoms with Crippen LogP contribution in [0.15, 0.2) is 24.3 Å². The highest BCUT2D eigenvalue weighted by Crippen LogP contribution is 2.15. The fraction of sp³-hybridized carbons (Fsp3) is 0. The molecule has 0 fully saturated rings. The molecule has 0 saturated heterocycles. The van der Waals surface area contributed by atoms with E-state index in [2.05, 4.69) is 25.4 Å². The molecule has 0 bridgehead atoms. The van der Waals surface area contributed by atoms with Gasteiger partial charge in [0.2, 0.25) is 5.13 Å². The van der Waals surface area contributed by atoms with Gasteiger partial charge < -0.3 is 10.4 Å². The lowest BCUT2D eigenvalue weighted by molar-refractivity contribution is 0.0698. The first-order valence-corrected chi connectivity index (χ1v) is 5.49. The zero-order valence-corrected chi connectivity index (χ0v) is 9.64. The molecule has 0 aliphatic carbocycles. The van der Waals surface area contributed by atoms with E-state index in [0.717, 1.165) is 11.5 Å². The molecule has 8 nitrogen and oxygen atoms in total. The van der Waals surface area contributed by atoms with Crippen LogP contribution in [-0.4, -0.2) is 31.9 Å². The molecule has 92 valence electrons. The fourth-order valence-corrected chi connectivity index (χ4v) is 1.57. The average molecular weight is 265 g/mol. The SMILES string of the molecule is O=C(Nc1nnns1)Nc1ccccc1C(=O)O. The van der Waals surface area contributed by atoms with Crippen LogP contribution >= 0.6 is 11.5 Å². The van der Waals surface area contributed by atoms with Crippen molar-refractivity contribution in [3.05, 3.63) is 29.8 Å². The third-order valence-electron chi connectivity index (χ3n) is 1.93. The Labute approximate surface area is 105 Å². The predicted molar refractivity (Wildman–Crippen MR) is 63.7 cm³/mol. The Morgan fingerprint density at radius 1 is 1.22 bits per heavy atom. The molecule has 2 amide bonds. The molecule has 0 aliphatic rings. The Morgan fingerprint density at radius 2 is 2.00 bits per heavy atom. The third-order valence-corrected chi connectivity index (χ3v) is 2.44. The summed E-state index contributed by atoms with van der Waals surface area (Å²) in [4.78, 5) is 22.5. The van der Waals surface area contributed by atoms with Crippen molar-refractivity contribution >= 4 is 34.4 Å². The molecule has 3 N–H and O–H groups in total. The maximum absolute atomic E-state index is 11.6. The molecule has 1 aromatic heterocycles. The number of carbonyl (C=O) groups is 2.